The summed E-state index contributed by atoms with van der Waals surface area (Å²) >= 11 is 1.36. The summed E-state index contributed by atoms with van der Waals surface area (Å²) in [6.45, 7) is 0. The molecule has 0 aromatic heterocycles. The molecule has 0 heterocycles. The Hall–Kier alpha value is -2.97. The average molecular weight is 430 g/mol. The smallest absolute Gasteiger partial charge is 0.265 e. The molecule has 0 saturated heterocycles. The van der Waals surface area contributed by atoms with Gasteiger partial charge in [-0.2, -0.15) is 0 Å². The number of methoxy groups -OCH3 is 1. The molecule has 150 valence electrons. The van der Waals surface area contributed by atoms with Gasteiger partial charge < -0.3 is 9.47 Å². The molecule has 3 aromatic carbocycles. The maximum atomic E-state index is 12.2. The summed E-state index contributed by atoms with van der Waals surface area (Å²) in [6.07, 6.45) is 0.947. The zero-order chi connectivity index (χ0) is 20.9. The lowest BCUT2D eigenvalue weighted by Gasteiger charge is -2.10. The summed E-state index contributed by atoms with van der Waals surface area (Å²) in [4.78, 5) is 13.8. The molecule has 0 radical (unpaired) electrons. The Morgan fingerprint density at radius 1 is 0.862 bits per heavy atom. The highest BCUT2D eigenvalue weighted by Gasteiger charge is 2.15. The largest absolute Gasteiger partial charge is 0.497 e. The molecule has 0 fully saturated rings. The summed E-state index contributed by atoms with van der Waals surface area (Å²) in [7, 11) is -2.03. The number of carbonyl (C=O) groups excluding carboxylic acids is 1. The quantitative estimate of drug-likeness (QED) is 0.602. The fourth-order valence-corrected chi connectivity index (χ4v) is 3.84. The predicted molar refractivity (Wildman–Crippen MR) is 112 cm³/mol. The molecule has 0 aliphatic rings. The van der Waals surface area contributed by atoms with Gasteiger partial charge in [0.15, 0.2) is 0 Å². The van der Waals surface area contributed by atoms with Crippen molar-refractivity contribution in [3.05, 3.63) is 78.4 Å². The van der Waals surface area contributed by atoms with Crippen LogP contribution in [-0.2, 0) is 10.0 Å². The second-order valence-electron chi connectivity index (χ2n) is 6.05. The van der Waals surface area contributed by atoms with Gasteiger partial charge in [0.25, 0.3) is 5.91 Å². The van der Waals surface area contributed by atoms with Crippen LogP contribution in [0.25, 0.3) is 0 Å². The number of amides is 1. The third-order valence-electron chi connectivity index (χ3n) is 3.76. The van der Waals surface area contributed by atoms with Crippen LogP contribution in [0.15, 0.2) is 82.6 Å². The van der Waals surface area contributed by atoms with E-state index in [1.54, 1.807) is 31.4 Å². The van der Waals surface area contributed by atoms with E-state index in [2.05, 4.69) is 0 Å². The minimum Gasteiger partial charge on any atom is -0.497 e. The lowest BCUT2D eigenvalue weighted by molar-refractivity contribution is 0.0979. The van der Waals surface area contributed by atoms with Crippen LogP contribution in [0.1, 0.15) is 10.4 Å². The van der Waals surface area contributed by atoms with Gasteiger partial charge in [-0.1, -0.05) is 23.9 Å². The third kappa shape index (κ3) is 6.00. The van der Waals surface area contributed by atoms with E-state index in [1.807, 2.05) is 53.3 Å². The van der Waals surface area contributed by atoms with Crippen LogP contribution < -0.4 is 14.2 Å². The van der Waals surface area contributed by atoms with Gasteiger partial charge in [-0.15, -0.1) is 0 Å². The van der Waals surface area contributed by atoms with Crippen molar-refractivity contribution in [2.45, 2.75) is 9.79 Å². The van der Waals surface area contributed by atoms with Gasteiger partial charge in [-0.25, -0.2) is 13.1 Å². The first-order chi connectivity index (χ1) is 13.8. The molecule has 0 atom stereocenters. The molecule has 3 rings (SSSR count). The number of rotatable bonds is 7. The predicted octanol–water partition coefficient (Wildman–Crippen LogP) is 4.33. The zero-order valence-electron chi connectivity index (χ0n) is 15.8. The Balaban J connectivity index is 1.72. The van der Waals surface area contributed by atoms with Crippen molar-refractivity contribution in [1.82, 2.24) is 4.72 Å². The van der Waals surface area contributed by atoms with E-state index in [9.17, 15) is 13.2 Å². The minimum atomic E-state index is -3.63. The standard InChI is InChI=1S/C21H19NO5S2/c1-26-15-7-9-16(10-8-15)27-17-11-13-18(14-12-17)28-20-6-4-3-5-19(20)21(23)22-29(2,24)25/h3-14H,1-2H3,(H,22,23). The number of hydrogen-bond donors (Lipinski definition) is 1. The molecule has 0 aliphatic heterocycles. The first kappa shape index (κ1) is 20.8. The highest BCUT2D eigenvalue weighted by Crippen LogP contribution is 2.32. The van der Waals surface area contributed by atoms with E-state index >= 15 is 0 Å². The SMILES string of the molecule is COc1ccc(Oc2ccc(Sc3ccccc3C(=O)NS(C)(=O)=O)cc2)cc1. The molecule has 6 nitrogen and oxygen atoms in total. The second kappa shape index (κ2) is 9.02. The maximum absolute atomic E-state index is 12.2. The third-order valence-corrected chi connectivity index (χ3v) is 5.40. The monoisotopic (exact) mass is 429 g/mol. The molecule has 0 spiro atoms. The van der Waals surface area contributed by atoms with E-state index in [4.69, 9.17) is 9.47 Å². The molecule has 0 bridgehead atoms. The molecule has 0 unspecified atom stereocenters. The van der Waals surface area contributed by atoms with E-state index in [0.29, 0.717) is 22.0 Å². The lowest BCUT2D eigenvalue weighted by Crippen LogP contribution is -2.29. The fraction of sp³-hybridized carbons (Fsp3) is 0.0952. The normalized spacial score (nSPS) is 11.0. The molecule has 1 N–H and O–H groups in total. The minimum absolute atomic E-state index is 0.293. The molecule has 1 amide bonds. The van der Waals surface area contributed by atoms with E-state index in [1.165, 1.54) is 11.8 Å². The van der Waals surface area contributed by atoms with Crippen molar-refractivity contribution >= 4 is 27.7 Å². The summed E-state index contributed by atoms with van der Waals surface area (Å²) in [5.41, 5.74) is 0.293. The highest BCUT2D eigenvalue weighted by molar-refractivity contribution is 7.99. The average Bonchev–Trinajstić information content (AvgIpc) is 2.69. The molecule has 0 aliphatic carbocycles. The number of carbonyl (C=O) groups is 1. The first-order valence-electron chi connectivity index (χ1n) is 8.55. The Morgan fingerprint density at radius 3 is 2.00 bits per heavy atom. The number of nitrogens with one attached hydrogen (secondary N) is 1. The van der Waals surface area contributed by atoms with Crippen LogP contribution in [0.2, 0.25) is 0 Å². The Labute approximate surface area is 173 Å². The van der Waals surface area contributed by atoms with Crippen LogP contribution >= 0.6 is 11.8 Å². The number of ether oxygens (including phenoxy) is 2. The van der Waals surface area contributed by atoms with E-state index in [0.717, 1.165) is 16.9 Å². The van der Waals surface area contributed by atoms with Crippen molar-refractivity contribution in [1.29, 1.82) is 0 Å². The van der Waals surface area contributed by atoms with Crippen molar-refractivity contribution in [3.63, 3.8) is 0 Å². The summed E-state index contributed by atoms with van der Waals surface area (Å²) in [5.74, 6) is 1.45. The molecule has 8 heteroatoms. The van der Waals surface area contributed by atoms with Gasteiger partial charge in [-0.05, 0) is 60.7 Å². The molecule has 3 aromatic rings. The van der Waals surface area contributed by atoms with E-state index < -0.39 is 15.9 Å². The lowest BCUT2D eigenvalue weighted by atomic mass is 10.2. The molecular formula is C21H19NO5S2. The molecule has 29 heavy (non-hydrogen) atoms. The van der Waals surface area contributed by atoms with E-state index in [-0.39, 0.29) is 0 Å². The zero-order valence-corrected chi connectivity index (χ0v) is 17.4. The number of hydrogen-bond acceptors (Lipinski definition) is 6. The summed E-state index contributed by atoms with van der Waals surface area (Å²) in [5, 5.41) is 0. The van der Waals surface area contributed by atoms with Crippen molar-refractivity contribution in [2.75, 3.05) is 13.4 Å². The molecule has 0 saturated carbocycles. The van der Waals surface area contributed by atoms with Crippen LogP contribution in [0, 0.1) is 0 Å². The van der Waals surface area contributed by atoms with Crippen molar-refractivity contribution < 1.29 is 22.7 Å². The summed E-state index contributed by atoms with van der Waals surface area (Å²) in [6, 6.07) is 21.5. The van der Waals surface area contributed by atoms with Crippen LogP contribution in [-0.4, -0.2) is 27.7 Å². The van der Waals surface area contributed by atoms with Crippen LogP contribution in [0.3, 0.4) is 0 Å². The van der Waals surface area contributed by atoms with Gasteiger partial charge >= 0.3 is 0 Å². The first-order valence-corrected chi connectivity index (χ1v) is 11.3. The van der Waals surface area contributed by atoms with Crippen molar-refractivity contribution in [2.24, 2.45) is 0 Å². The van der Waals surface area contributed by atoms with Gasteiger partial charge in [0.05, 0.1) is 18.9 Å². The van der Waals surface area contributed by atoms with Crippen LogP contribution in [0.4, 0.5) is 0 Å². The second-order valence-corrected chi connectivity index (χ2v) is 8.91. The summed E-state index contributed by atoms with van der Waals surface area (Å²) < 4.78 is 35.6. The maximum Gasteiger partial charge on any atom is 0.265 e. The Kier molecular flexibility index (Phi) is 6.46. The fourth-order valence-electron chi connectivity index (χ4n) is 2.45. The number of sulfonamides is 1. The Bertz CT molecular complexity index is 1090. The van der Waals surface area contributed by atoms with Gasteiger partial charge in [-0.3, -0.25) is 4.79 Å². The van der Waals surface area contributed by atoms with Gasteiger partial charge in [0.1, 0.15) is 17.2 Å². The Morgan fingerprint density at radius 2 is 1.41 bits per heavy atom. The molecular weight excluding hydrogens is 410 g/mol. The van der Waals surface area contributed by atoms with Crippen LogP contribution in [0.5, 0.6) is 17.2 Å². The number of benzene rings is 3. The van der Waals surface area contributed by atoms with Gasteiger partial charge in [0.2, 0.25) is 10.0 Å². The highest BCUT2D eigenvalue weighted by atomic mass is 32.2. The van der Waals surface area contributed by atoms with Gasteiger partial charge in [0, 0.05) is 9.79 Å². The van der Waals surface area contributed by atoms with Crippen molar-refractivity contribution in [3.8, 4) is 17.2 Å². The topological polar surface area (TPSA) is 81.7 Å².